The molecule has 1 saturated heterocycles. The summed E-state index contributed by atoms with van der Waals surface area (Å²) in [6.07, 6.45) is -3.66. The standard InChI is InChI=1S/C24H36F3N3O5/c1-4-35-21-12-18(11-19(13-21)24(25,26)27)14-28-22(31)6-5-20(16-34-3)30-10-9-29(17(2)15-30)8-7-23(32)33/h11-13,17,20H,4-10,14-16H2,1-3H3,(H,28,31)(H,32,33). The van der Waals surface area contributed by atoms with Crippen molar-refractivity contribution >= 4 is 11.9 Å². The number of carboxylic acid groups (broad SMARTS) is 1. The van der Waals surface area contributed by atoms with Crippen LogP contribution in [0.3, 0.4) is 0 Å². The van der Waals surface area contributed by atoms with Crippen LogP contribution in [0.25, 0.3) is 0 Å². The highest BCUT2D eigenvalue weighted by atomic mass is 19.4. The summed E-state index contributed by atoms with van der Waals surface area (Å²) in [5.41, 5.74) is -0.499. The Morgan fingerprint density at radius 1 is 1.23 bits per heavy atom. The summed E-state index contributed by atoms with van der Waals surface area (Å²) >= 11 is 0. The van der Waals surface area contributed by atoms with Crippen LogP contribution >= 0.6 is 0 Å². The normalized spacial score (nSPS) is 18.3. The van der Waals surface area contributed by atoms with Crippen LogP contribution in [0.5, 0.6) is 5.75 Å². The monoisotopic (exact) mass is 503 g/mol. The van der Waals surface area contributed by atoms with E-state index in [2.05, 4.69) is 22.0 Å². The predicted octanol–water partition coefficient (Wildman–Crippen LogP) is 3.00. The number of amides is 1. The number of nitrogens with one attached hydrogen (secondary N) is 1. The number of carbonyl (C=O) groups is 2. The summed E-state index contributed by atoms with van der Waals surface area (Å²) < 4.78 is 50.2. The SMILES string of the molecule is CCOc1cc(CNC(=O)CCC(COC)N2CCN(CCC(=O)O)C(C)C2)cc(C(F)(F)F)c1. The molecule has 1 amide bonds. The number of carboxylic acids is 1. The Morgan fingerprint density at radius 2 is 1.97 bits per heavy atom. The van der Waals surface area contributed by atoms with Gasteiger partial charge in [0.15, 0.2) is 0 Å². The molecule has 2 atom stereocenters. The molecule has 0 aromatic heterocycles. The first kappa shape index (κ1) is 28.9. The zero-order chi connectivity index (χ0) is 26.0. The molecule has 0 aliphatic carbocycles. The molecule has 0 bridgehead atoms. The predicted molar refractivity (Wildman–Crippen MR) is 124 cm³/mol. The molecule has 0 saturated carbocycles. The Bertz CT molecular complexity index is 837. The third-order valence-electron chi connectivity index (χ3n) is 6.08. The first-order valence-electron chi connectivity index (χ1n) is 11.8. The molecule has 8 nitrogen and oxygen atoms in total. The maximum absolute atomic E-state index is 13.2. The fourth-order valence-corrected chi connectivity index (χ4v) is 4.25. The fraction of sp³-hybridized carbons (Fsp3) is 0.667. The van der Waals surface area contributed by atoms with Gasteiger partial charge in [0.1, 0.15) is 5.75 Å². The number of alkyl halides is 3. The Balaban J connectivity index is 1.90. The van der Waals surface area contributed by atoms with Crippen molar-refractivity contribution in [1.29, 1.82) is 0 Å². The smallest absolute Gasteiger partial charge is 0.416 e. The van der Waals surface area contributed by atoms with Gasteiger partial charge in [-0.1, -0.05) is 0 Å². The molecule has 1 heterocycles. The number of nitrogens with zero attached hydrogens (tertiary/aromatic N) is 2. The van der Waals surface area contributed by atoms with Crippen molar-refractivity contribution in [3.05, 3.63) is 29.3 Å². The maximum Gasteiger partial charge on any atom is 0.416 e. The van der Waals surface area contributed by atoms with Gasteiger partial charge in [-0.15, -0.1) is 0 Å². The van der Waals surface area contributed by atoms with Crippen molar-refractivity contribution in [3.63, 3.8) is 0 Å². The summed E-state index contributed by atoms with van der Waals surface area (Å²) in [6, 6.07) is 3.65. The number of carbonyl (C=O) groups excluding carboxylic acids is 1. The lowest BCUT2D eigenvalue weighted by molar-refractivity contribution is -0.138. The molecular weight excluding hydrogens is 467 g/mol. The van der Waals surface area contributed by atoms with E-state index in [1.807, 2.05) is 0 Å². The minimum absolute atomic E-state index is 0.00735. The molecular formula is C24H36F3N3O5. The van der Waals surface area contributed by atoms with Gasteiger partial charge in [0.25, 0.3) is 0 Å². The van der Waals surface area contributed by atoms with E-state index in [4.69, 9.17) is 14.6 Å². The summed E-state index contributed by atoms with van der Waals surface area (Å²) in [6.45, 7) is 7.10. The topological polar surface area (TPSA) is 91.3 Å². The third kappa shape index (κ3) is 9.65. The van der Waals surface area contributed by atoms with Gasteiger partial charge in [-0.3, -0.25) is 19.4 Å². The fourth-order valence-electron chi connectivity index (χ4n) is 4.25. The number of hydrogen-bond acceptors (Lipinski definition) is 6. The Morgan fingerprint density at radius 3 is 2.57 bits per heavy atom. The molecule has 198 valence electrons. The minimum atomic E-state index is -4.51. The summed E-state index contributed by atoms with van der Waals surface area (Å²) in [7, 11) is 1.60. The van der Waals surface area contributed by atoms with Gasteiger partial charge in [0, 0.05) is 58.3 Å². The highest BCUT2D eigenvalue weighted by molar-refractivity contribution is 5.75. The molecule has 11 heteroatoms. The van der Waals surface area contributed by atoms with Gasteiger partial charge in [0.05, 0.1) is 25.2 Å². The second-order valence-electron chi connectivity index (χ2n) is 8.74. The molecule has 1 aliphatic heterocycles. The lowest BCUT2D eigenvalue weighted by Gasteiger charge is -2.43. The van der Waals surface area contributed by atoms with Crippen molar-refractivity contribution in [1.82, 2.24) is 15.1 Å². The van der Waals surface area contributed by atoms with Crippen LogP contribution in [0.2, 0.25) is 0 Å². The molecule has 35 heavy (non-hydrogen) atoms. The summed E-state index contributed by atoms with van der Waals surface area (Å²) in [5.74, 6) is -0.958. The van der Waals surface area contributed by atoms with E-state index >= 15 is 0 Å². The first-order chi connectivity index (χ1) is 16.5. The average molecular weight is 504 g/mol. The largest absolute Gasteiger partial charge is 0.494 e. The van der Waals surface area contributed by atoms with E-state index in [1.165, 1.54) is 6.07 Å². The maximum atomic E-state index is 13.2. The molecule has 2 unspecified atom stereocenters. The van der Waals surface area contributed by atoms with Crippen molar-refractivity contribution < 1.29 is 37.3 Å². The molecule has 2 N–H and O–H groups in total. The number of ether oxygens (including phenoxy) is 2. The molecule has 1 aromatic rings. The number of methoxy groups -OCH3 is 1. The van der Waals surface area contributed by atoms with Crippen LogP contribution in [0.15, 0.2) is 18.2 Å². The van der Waals surface area contributed by atoms with Gasteiger partial charge >= 0.3 is 12.1 Å². The highest BCUT2D eigenvalue weighted by Gasteiger charge is 2.32. The summed E-state index contributed by atoms with van der Waals surface area (Å²) in [5, 5.41) is 11.6. The lowest BCUT2D eigenvalue weighted by Crippen LogP contribution is -2.56. The first-order valence-corrected chi connectivity index (χ1v) is 11.8. The average Bonchev–Trinajstić information content (AvgIpc) is 2.79. The van der Waals surface area contributed by atoms with Crippen LogP contribution < -0.4 is 10.1 Å². The van der Waals surface area contributed by atoms with Crippen molar-refractivity contribution in [2.75, 3.05) is 46.5 Å². The van der Waals surface area contributed by atoms with Crippen LogP contribution in [-0.2, 0) is 27.0 Å². The van der Waals surface area contributed by atoms with Gasteiger partial charge in [0.2, 0.25) is 5.91 Å². The molecule has 2 rings (SSSR count). The van der Waals surface area contributed by atoms with E-state index in [-0.39, 0.29) is 49.7 Å². The molecule has 0 radical (unpaired) electrons. The van der Waals surface area contributed by atoms with E-state index < -0.39 is 17.7 Å². The van der Waals surface area contributed by atoms with Crippen molar-refractivity contribution in [2.45, 2.75) is 57.9 Å². The second-order valence-corrected chi connectivity index (χ2v) is 8.74. The van der Waals surface area contributed by atoms with Crippen LogP contribution in [-0.4, -0.2) is 85.4 Å². The van der Waals surface area contributed by atoms with Gasteiger partial charge in [-0.25, -0.2) is 0 Å². The Kier molecular flexibility index (Phi) is 11.3. The Hall–Kier alpha value is -2.37. The Labute approximate surface area is 204 Å². The van der Waals surface area contributed by atoms with E-state index in [0.29, 0.717) is 25.1 Å². The highest BCUT2D eigenvalue weighted by Crippen LogP contribution is 2.32. The van der Waals surface area contributed by atoms with E-state index in [1.54, 1.807) is 14.0 Å². The summed E-state index contributed by atoms with van der Waals surface area (Å²) in [4.78, 5) is 27.7. The van der Waals surface area contributed by atoms with E-state index in [9.17, 15) is 22.8 Å². The van der Waals surface area contributed by atoms with Crippen LogP contribution in [0.4, 0.5) is 13.2 Å². The number of benzene rings is 1. The number of halogens is 3. The molecule has 1 fully saturated rings. The minimum Gasteiger partial charge on any atom is -0.494 e. The van der Waals surface area contributed by atoms with Gasteiger partial charge < -0.3 is 19.9 Å². The van der Waals surface area contributed by atoms with Gasteiger partial charge in [-0.05, 0) is 44.0 Å². The van der Waals surface area contributed by atoms with E-state index in [0.717, 1.165) is 31.8 Å². The lowest BCUT2D eigenvalue weighted by atomic mass is 10.1. The molecule has 1 aromatic carbocycles. The third-order valence-corrected chi connectivity index (χ3v) is 6.08. The number of rotatable bonds is 13. The quantitative estimate of drug-likeness (QED) is 0.428. The molecule has 0 spiro atoms. The molecule has 1 aliphatic rings. The van der Waals surface area contributed by atoms with Crippen molar-refractivity contribution in [2.24, 2.45) is 0 Å². The number of aliphatic carboxylic acids is 1. The van der Waals surface area contributed by atoms with Crippen LogP contribution in [0.1, 0.15) is 44.2 Å². The van der Waals surface area contributed by atoms with Crippen LogP contribution in [0, 0.1) is 0 Å². The zero-order valence-corrected chi connectivity index (χ0v) is 20.6. The second kappa shape index (κ2) is 13.6. The number of hydrogen-bond donors (Lipinski definition) is 2. The van der Waals surface area contributed by atoms with Gasteiger partial charge in [-0.2, -0.15) is 13.2 Å². The van der Waals surface area contributed by atoms with Crippen molar-refractivity contribution in [3.8, 4) is 5.75 Å². The zero-order valence-electron chi connectivity index (χ0n) is 20.6. The number of piperazine rings is 1.